The summed E-state index contributed by atoms with van der Waals surface area (Å²) in [6.07, 6.45) is 1.72. The molecule has 2 unspecified atom stereocenters. The Labute approximate surface area is 153 Å². The molecule has 0 aromatic heterocycles. The number of nitrogens with zero attached hydrogens (tertiary/aromatic N) is 1. The molecule has 2 N–H and O–H groups in total. The summed E-state index contributed by atoms with van der Waals surface area (Å²) < 4.78 is 11.3. The van der Waals surface area contributed by atoms with Crippen LogP contribution < -0.4 is 4.74 Å². The van der Waals surface area contributed by atoms with Gasteiger partial charge in [0.15, 0.2) is 11.5 Å². The summed E-state index contributed by atoms with van der Waals surface area (Å²) in [7, 11) is 0. The van der Waals surface area contributed by atoms with Crippen molar-refractivity contribution in [1.29, 1.82) is 0 Å². The maximum absolute atomic E-state index is 10.9. The molecule has 0 bridgehead atoms. The van der Waals surface area contributed by atoms with E-state index >= 15 is 0 Å². The molecule has 4 rings (SSSR count). The van der Waals surface area contributed by atoms with E-state index in [2.05, 4.69) is 4.90 Å². The van der Waals surface area contributed by atoms with E-state index in [0.29, 0.717) is 12.4 Å². The number of likely N-dealkylation sites (tertiary alicyclic amines) is 1. The molecule has 138 valence electrons. The van der Waals surface area contributed by atoms with Gasteiger partial charge in [-0.2, -0.15) is 0 Å². The number of epoxide rings is 1. The molecule has 2 atom stereocenters. The number of phenolic OH excluding ortho intramolecular Hbond substituents is 1. The number of benzene rings is 2. The fraction of sp³-hybridized carbons (Fsp3) is 0.429. The Kier molecular flexibility index (Phi) is 4.85. The molecule has 2 heterocycles. The number of rotatable bonds is 6. The zero-order chi connectivity index (χ0) is 18.0. The largest absolute Gasteiger partial charge is 0.504 e. The minimum atomic E-state index is -0.713. The Morgan fingerprint density at radius 3 is 2.42 bits per heavy atom. The average molecular weight is 355 g/mol. The monoisotopic (exact) mass is 355 g/mol. The second-order valence-corrected chi connectivity index (χ2v) is 7.19. The topological polar surface area (TPSA) is 65.5 Å². The van der Waals surface area contributed by atoms with Crippen molar-refractivity contribution in [1.82, 2.24) is 4.90 Å². The van der Waals surface area contributed by atoms with Crippen molar-refractivity contribution < 1.29 is 19.7 Å². The summed E-state index contributed by atoms with van der Waals surface area (Å²) in [6.45, 7) is 3.03. The Balaban J connectivity index is 1.22. The van der Waals surface area contributed by atoms with Gasteiger partial charge in [-0.1, -0.05) is 42.5 Å². The Hall–Kier alpha value is -2.08. The lowest BCUT2D eigenvalue weighted by molar-refractivity contribution is -0.0269. The SMILES string of the molecule is Oc1ccccc1OCC1OC1CN1CCC(O)(c2ccccc2)CC1. The Morgan fingerprint density at radius 1 is 1.00 bits per heavy atom. The van der Waals surface area contributed by atoms with Gasteiger partial charge in [-0.3, -0.25) is 0 Å². The molecule has 2 fully saturated rings. The van der Waals surface area contributed by atoms with Gasteiger partial charge in [0.05, 0.1) is 5.60 Å². The van der Waals surface area contributed by atoms with Crippen LogP contribution in [0, 0.1) is 0 Å². The average Bonchev–Trinajstić information content (AvgIpc) is 3.42. The van der Waals surface area contributed by atoms with Crippen LogP contribution in [0.2, 0.25) is 0 Å². The second kappa shape index (κ2) is 7.27. The van der Waals surface area contributed by atoms with Gasteiger partial charge in [0.1, 0.15) is 18.8 Å². The Morgan fingerprint density at radius 2 is 1.69 bits per heavy atom. The summed E-state index contributed by atoms with van der Waals surface area (Å²) in [5.74, 6) is 0.647. The van der Waals surface area contributed by atoms with Crippen LogP contribution in [0.1, 0.15) is 18.4 Å². The first-order chi connectivity index (χ1) is 12.6. The molecule has 0 saturated carbocycles. The molecule has 5 heteroatoms. The van der Waals surface area contributed by atoms with Crippen LogP contribution in [0.4, 0.5) is 0 Å². The van der Waals surface area contributed by atoms with Crippen LogP contribution in [-0.2, 0) is 10.3 Å². The first kappa shape index (κ1) is 17.3. The van der Waals surface area contributed by atoms with Gasteiger partial charge in [0.2, 0.25) is 0 Å². The molecule has 0 radical (unpaired) electrons. The molecule has 2 saturated heterocycles. The molecule has 2 aromatic carbocycles. The number of piperidine rings is 1. The number of aromatic hydroxyl groups is 1. The van der Waals surface area contributed by atoms with Crippen molar-refractivity contribution in [3.8, 4) is 11.5 Å². The molecule has 5 nitrogen and oxygen atoms in total. The van der Waals surface area contributed by atoms with E-state index in [1.807, 2.05) is 36.4 Å². The molecule has 2 aliphatic rings. The van der Waals surface area contributed by atoms with Gasteiger partial charge in [-0.15, -0.1) is 0 Å². The van der Waals surface area contributed by atoms with E-state index in [9.17, 15) is 10.2 Å². The van der Waals surface area contributed by atoms with Crippen LogP contribution in [0.3, 0.4) is 0 Å². The smallest absolute Gasteiger partial charge is 0.161 e. The van der Waals surface area contributed by atoms with Crippen molar-refractivity contribution >= 4 is 0 Å². The molecule has 0 spiro atoms. The highest BCUT2D eigenvalue weighted by molar-refractivity contribution is 5.37. The molecule has 26 heavy (non-hydrogen) atoms. The van der Waals surface area contributed by atoms with E-state index in [1.165, 1.54) is 0 Å². The molecule has 2 aromatic rings. The first-order valence-electron chi connectivity index (χ1n) is 9.21. The van der Waals surface area contributed by atoms with Crippen LogP contribution >= 0.6 is 0 Å². The molecule has 2 aliphatic heterocycles. The first-order valence-corrected chi connectivity index (χ1v) is 9.21. The van der Waals surface area contributed by atoms with E-state index in [0.717, 1.165) is 38.0 Å². The summed E-state index contributed by atoms with van der Waals surface area (Å²) >= 11 is 0. The fourth-order valence-corrected chi connectivity index (χ4v) is 3.63. The van der Waals surface area contributed by atoms with Crippen molar-refractivity contribution in [3.63, 3.8) is 0 Å². The number of hydrogen-bond donors (Lipinski definition) is 2. The van der Waals surface area contributed by atoms with Gasteiger partial charge in [0.25, 0.3) is 0 Å². The molecular formula is C21H25NO4. The van der Waals surface area contributed by atoms with Crippen LogP contribution in [-0.4, -0.2) is 53.6 Å². The quantitative estimate of drug-likeness (QED) is 0.780. The van der Waals surface area contributed by atoms with Gasteiger partial charge < -0.3 is 24.6 Å². The van der Waals surface area contributed by atoms with E-state index in [1.54, 1.807) is 18.2 Å². The third-order valence-corrected chi connectivity index (χ3v) is 5.39. The Bertz CT molecular complexity index is 728. The van der Waals surface area contributed by atoms with Crippen molar-refractivity contribution in [2.45, 2.75) is 30.7 Å². The van der Waals surface area contributed by atoms with E-state index < -0.39 is 5.60 Å². The normalized spacial score (nSPS) is 25.0. The lowest BCUT2D eigenvalue weighted by atomic mass is 9.84. The molecule has 0 amide bonds. The summed E-state index contributed by atoms with van der Waals surface area (Å²) in [6, 6.07) is 16.9. The van der Waals surface area contributed by atoms with Gasteiger partial charge in [-0.25, -0.2) is 0 Å². The number of ether oxygens (including phenoxy) is 2. The maximum Gasteiger partial charge on any atom is 0.161 e. The maximum atomic E-state index is 10.9. The number of aliphatic hydroxyl groups is 1. The predicted octanol–water partition coefficient (Wildman–Crippen LogP) is 2.52. The number of hydrogen-bond acceptors (Lipinski definition) is 5. The third kappa shape index (κ3) is 3.85. The van der Waals surface area contributed by atoms with Gasteiger partial charge in [0, 0.05) is 19.6 Å². The summed E-state index contributed by atoms with van der Waals surface area (Å²) in [4.78, 5) is 2.35. The van der Waals surface area contributed by atoms with Crippen LogP contribution in [0.5, 0.6) is 11.5 Å². The van der Waals surface area contributed by atoms with Crippen LogP contribution in [0.15, 0.2) is 54.6 Å². The standard InChI is InChI=1S/C21H25NO4/c23-17-8-4-5-9-18(17)25-15-20-19(26-20)14-22-12-10-21(24,11-13-22)16-6-2-1-3-7-16/h1-9,19-20,23-24H,10-15H2. The van der Waals surface area contributed by atoms with Gasteiger partial charge in [-0.05, 0) is 30.5 Å². The zero-order valence-corrected chi connectivity index (χ0v) is 14.8. The van der Waals surface area contributed by atoms with E-state index in [-0.39, 0.29) is 18.0 Å². The zero-order valence-electron chi connectivity index (χ0n) is 14.8. The molecular weight excluding hydrogens is 330 g/mol. The lowest BCUT2D eigenvalue weighted by Gasteiger charge is -2.38. The van der Waals surface area contributed by atoms with Gasteiger partial charge >= 0.3 is 0 Å². The third-order valence-electron chi connectivity index (χ3n) is 5.39. The van der Waals surface area contributed by atoms with Crippen molar-refractivity contribution in [2.75, 3.05) is 26.2 Å². The number of phenols is 1. The minimum absolute atomic E-state index is 0.0736. The summed E-state index contributed by atoms with van der Waals surface area (Å²) in [5.41, 5.74) is 0.298. The highest BCUT2D eigenvalue weighted by Crippen LogP contribution is 2.34. The van der Waals surface area contributed by atoms with Crippen molar-refractivity contribution in [3.05, 3.63) is 60.2 Å². The fourth-order valence-electron chi connectivity index (χ4n) is 3.63. The lowest BCUT2D eigenvalue weighted by Crippen LogP contribution is -2.44. The predicted molar refractivity (Wildman–Crippen MR) is 98.3 cm³/mol. The van der Waals surface area contributed by atoms with E-state index in [4.69, 9.17) is 9.47 Å². The highest BCUT2D eigenvalue weighted by atomic mass is 16.6. The second-order valence-electron chi connectivity index (χ2n) is 7.19. The van der Waals surface area contributed by atoms with Crippen LogP contribution in [0.25, 0.3) is 0 Å². The number of para-hydroxylation sites is 2. The highest BCUT2D eigenvalue weighted by Gasteiger charge is 2.42. The van der Waals surface area contributed by atoms with Crippen molar-refractivity contribution in [2.24, 2.45) is 0 Å². The summed E-state index contributed by atoms with van der Waals surface area (Å²) in [5, 5.41) is 20.6. The molecule has 0 aliphatic carbocycles. The minimum Gasteiger partial charge on any atom is -0.504 e.